The van der Waals surface area contributed by atoms with Crippen LogP contribution < -0.4 is 0 Å². The number of Topliss-reactive ketones (excluding diaryl/α,β-unsaturated/α-hetero) is 2. The van der Waals surface area contributed by atoms with E-state index in [4.69, 9.17) is 4.74 Å². The second kappa shape index (κ2) is 19.9. The number of rotatable bonds is 4. The summed E-state index contributed by atoms with van der Waals surface area (Å²) in [6, 6.07) is 17.6. The summed E-state index contributed by atoms with van der Waals surface area (Å²) in [6.45, 7) is 1.09. The zero-order chi connectivity index (χ0) is 18.3. The van der Waals surface area contributed by atoms with Crippen LogP contribution >= 0.6 is 15.9 Å². The molecule has 0 aromatic heterocycles. The Labute approximate surface area is 178 Å². The van der Waals surface area contributed by atoms with E-state index in [9.17, 15) is 14.0 Å². The molecule has 0 radical (unpaired) electrons. The molecule has 3 nitrogen and oxygen atoms in total. The monoisotopic (exact) mass is 456 g/mol. The first-order chi connectivity index (χ1) is 12.2. The van der Waals surface area contributed by atoms with Gasteiger partial charge in [0.25, 0.3) is 0 Å². The molecule has 3 rings (SSSR count). The van der Waals surface area contributed by atoms with E-state index in [1.54, 1.807) is 30.3 Å². The Morgan fingerprint density at radius 2 is 1.18 bits per heavy atom. The van der Waals surface area contributed by atoms with Crippen LogP contribution in [0.5, 0.6) is 0 Å². The fourth-order valence-electron chi connectivity index (χ4n) is 1.91. The Balaban J connectivity index is -0.000000332. The maximum Gasteiger partial charge on any atom is 0.193 e. The average molecular weight is 457 g/mol. The molecular formula is C23H34BrFO3. The minimum Gasteiger partial charge on any atom is -0.381 e. The van der Waals surface area contributed by atoms with Crippen molar-refractivity contribution in [3.05, 3.63) is 71.8 Å². The Morgan fingerprint density at radius 1 is 0.786 bits per heavy atom. The van der Waals surface area contributed by atoms with Crippen LogP contribution in [0.25, 0.3) is 0 Å². The van der Waals surface area contributed by atoms with Crippen molar-refractivity contribution in [1.82, 2.24) is 0 Å². The number of carbonyl (C=O) groups excluding carboxylic acids is 2. The number of hydrogen-bond acceptors (Lipinski definition) is 3. The van der Waals surface area contributed by atoms with Crippen LogP contribution in [0.2, 0.25) is 0 Å². The molecule has 2 aromatic carbocycles. The lowest BCUT2D eigenvalue weighted by Crippen LogP contribution is -1.99. The van der Waals surface area contributed by atoms with Gasteiger partial charge in [0.05, 0.1) is 5.33 Å². The van der Waals surface area contributed by atoms with Crippen molar-refractivity contribution in [2.75, 3.05) is 25.2 Å². The van der Waals surface area contributed by atoms with Crippen LogP contribution in [0, 0.1) is 0 Å². The van der Waals surface area contributed by atoms with Gasteiger partial charge in [-0.15, -0.1) is 0 Å². The first kappa shape index (κ1) is 30.9. The van der Waals surface area contributed by atoms with Crippen molar-refractivity contribution < 1.29 is 18.7 Å². The van der Waals surface area contributed by atoms with Crippen molar-refractivity contribution in [1.29, 1.82) is 0 Å². The van der Waals surface area contributed by atoms with Crippen LogP contribution in [0.1, 0.15) is 55.8 Å². The lowest BCUT2D eigenvalue weighted by atomic mass is 10.1. The van der Waals surface area contributed by atoms with E-state index < -0.39 is 12.5 Å². The van der Waals surface area contributed by atoms with Crippen molar-refractivity contribution in [3.63, 3.8) is 0 Å². The molecule has 0 bridgehead atoms. The number of alkyl halides is 2. The normalized spacial score (nSPS) is 10.9. The fourth-order valence-corrected chi connectivity index (χ4v) is 2.24. The molecule has 1 aliphatic rings. The van der Waals surface area contributed by atoms with E-state index in [-0.39, 0.29) is 28.1 Å². The predicted octanol–water partition coefficient (Wildman–Crippen LogP) is 6.81. The van der Waals surface area contributed by atoms with Crippen LogP contribution in [0.4, 0.5) is 4.39 Å². The van der Waals surface area contributed by atoms with Crippen LogP contribution in [-0.4, -0.2) is 36.8 Å². The first-order valence-electron chi connectivity index (χ1n) is 8.05. The molecule has 1 aliphatic heterocycles. The predicted molar refractivity (Wildman–Crippen MR) is 122 cm³/mol. The maximum atomic E-state index is 11.7. The highest BCUT2D eigenvalue weighted by Crippen LogP contribution is 2.01. The molecule has 5 heteroatoms. The van der Waals surface area contributed by atoms with Crippen molar-refractivity contribution in [2.24, 2.45) is 0 Å². The zero-order valence-electron chi connectivity index (χ0n) is 14.0. The van der Waals surface area contributed by atoms with Gasteiger partial charge in [-0.25, -0.2) is 4.39 Å². The number of hydrogen-bond donors (Lipinski definition) is 0. The van der Waals surface area contributed by atoms with Gasteiger partial charge < -0.3 is 4.74 Å². The van der Waals surface area contributed by atoms with Gasteiger partial charge in [0.2, 0.25) is 0 Å². The summed E-state index contributed by atoms with van der Waals surface area (Å²) < 4.78 is 16.7. The quantitative estimate of drug-likeness (QED) is 0.374. The summed E-state index contributed by atoms with van der Waals surface area (Å²) in [7, 11) is 0. The largest absolute Gasteiger partial charge is 0.381 e. The lowest BCUT2D eigenvalue weighted by molar-refractivity contribution is 0.0958. The minimum atomic E-state index is -0.913. The molecule has 1 saturated heterocycles. The molecule has 0 aliphatic carbocycles. The molecule has 0 saturated carbocycles. The van der Waals surface area contributed by atoms with Gasteiger partial charge in [0.1, 0.15) is 0 Å². The third-order valence-corrected chi connectivity index (χ3v) is 3.77. The highest BCUT2D eigenvalue weighted by Gasteiger charge is 2.01. The highest BCUT2D eigenvalue weighted by atomic mass is 79.9. The standard InChI is InChI=1S/C8H7BrO.C8H7FO.C4H8O.3CH4/c2*9-6-8(10)7-4-2-1-3-5-7;1-2-4-5-3-1;;;/h2*1-5H,6H2;1-4H2;3*1H4. The highest BCUT2D eigenvalue weighted by molar-refractivity contribution is 9.09. The van der Waals surface area contributed by atoms with E-state index in [1.807, 2.05) is 30.3 Å². The second-order valence-electron chi connectivity index (χ2n) is 5.17. The Kier molecular flexibility index (Phi) is 21.9. The molecule has 0 amide bonds. The molecule has 28 heavy (non-hydrogen) atoms. The molecule has 158 valence electrons. The van der Waals surface area contributed by atoms with E-state index in [1.165, 1.54) is 12.8 Å². The van der Waals surface area contributed by atoms with E-state index >= 15 is 0 Å². The number of halogens is 2. The molecule has 0 atom stereocenters. The van der Waals surface area contributed by atoms with Crippen LogP contribution in [-0.2, 0) is 4.74 Å². The molecule has 0 unspecified atom stereocenters. The Bertz CT molecular complexity index is 555. The maximum absolute atomic E-state index is 11.7. The van der Waals surface area contributed by atoms with Crippen molar-refractivity contribution >= 4 is 27.5 Å². The average Bonchev–Trinajstić information content (AvgIpc) is 3.29. The summed E-state index contributed by atoms with van der Waals surface area (Å²) >= 11 is 3.10. The number of ether oxygens (including phenoxy) is 1. The first-order valence-corrected chi connectivity index (χ1v) is 9.17. The van der Waals surface area contributed by atoms with E-state index in [0.29, 0.717) is 10.9 Å². The molecule has 1 heterocycles. The third kappa shape index (κ3) is 13.3. The number of carbonyl (C=O) groups is 2. The number of ketones is 2. The molecule has 2 aromatic rings. The smallest absolute Gasteiger partial charge is 0.193 e. The lowest BCUT2D eigenvalue weighted by Gasteiger charge is -1.92. The second-order valence-corrected chi connectivity index (χ2v) is 5.73. The molecule has 1 fully saturated rings. The molecule has 0 N–H and O–H groups in total. The van der Waals surface area contributed by atoms with Gasteiger partial charge >= 0.3 is 0 Å². The van der Waals surface area contributed by atoms with Crippen molar-refractivity contribution in [3.8, 4) is 0 Å². The van der Waals surface area contributed by atoms with Gasteiger partial charge in [-0.2, -0.15) is 0 Å². The summed E-state index contributed by atoms with van der Waals surface area (Å²) in [6.07, 6.45) is 2.56. The Hall–Kier alpha value is -1.85. The van der Waals surface area contributed by atoms with Gasteiger partial charge in [0.15, 0.2) is 18.2 Å². The third-order valence-electron chi connectivity index (χ3n) is 3.26. The molecule has 0 spiro atoms. The number of benzene rings is 2. The van der Waals surface area contributed by atoms with Gasteiger partial charge in [-0.1, -0.05) is 98.9 Å². The molecular weight excluding hydrogens is 423 g/mol. The van der Waals surface area contributed by atoms with Crippen LogP contribution in [0.3, 0.4) is 0 Å². The summed E-state index contributed by atoms with van der Waals surface area (Å²) in [5.74, 6) is -0.332. The van der Waals surface area contributed by atoms with Gasteiger partial charge in [0, 0.05) is 24.3 Å². The van der Waals surface area contributed by atoms with Gasteiger partial charge in [-0.05, 0) is 12.8 Å². The topological polar surface area (TPSA) is 43.4 Å². The zero-order valence-corrected chi connectivity index (χ0v) is 15.6. The van der Waals surface area contributed by atoms with Crippen molar-refractivity contribution in [2.45, 2.75) is 35.1 Å². The van der Waals surface area contributed by atoms with Gasteiger partial charge in [-0.3, -0.25) is 9.59 Å². The fraction of sp³-hybridized carbons (Fsp3) is 0.391. The summed E-state index contributed by atoms with van der Waals surface area (Å²) in [5.41, 5.74) is 1.20. The van der Waals surface area contributed by atoms with Crippen LogP contribution in [0.15, 0.2) is 60.7 Å². The van der Waals surface area contributed by atoms with E-state index in [2.05, 4.69) is 15.9 Å². The minimum absolute atomic E-state index is 0. The Morgan fingerprint density at radius 3 is 1.46 bits per heavy atom. The van der Waals surface area contributed by atoms with E-state index in [0.717, 1.165) is 18.8 Å². The SMILES string of the molecule is C.C.C.C1CCOC1.O=C(CBr)c1ccccc1.O=C(CF)c1ccccc1. The summed E-state index contributed by atoms with van der Waals surface area (Å²) in [5, 5.41) is 0.400. The summed E-state index contributed by atoms with van der Waals surface area (Å²) in [4.78, 5) is 21.6.